The first-order valence-corrected chi connectivity index (χ1v) is 11.6. The molecule has 3 rings (SSSR count). The number of sulfonamides is 1. The normalized spacial score (nSPS) is 12.1. The standard InChI is InChI=1S/C23H23ClN2O4S/c1-3-22(30-18-8-6-7-16(2)15-18)23(27)25-17-11-13-19(14-12-17)31(28,29)26-21-10-5-4-9-20(21)24/h4-15,22,26H,3H2,1-2H3,(H,25,27)/t22-/m0/s1. The quantitative estimate of drug-likeness (QED) is 0.483. The average Bonchev–Trinajstić information content (AvgIpc) is 2.74. The molecule has 3 aromatic rings. The summed E-state index contributed by atoms with van der Waals surface area (Å²) in [7, 11) is -3.82. The lowest BCUT2D eigenvalue weighted by atomic mass is 10.2. The highest BCUT2D eigenvalue weighted by Gasteiger charge is 2.20. The minimum Gasteiger partial charge on any atom is -0.481 e. The molecule has 2 N–H and O–H groups in total. The van der Waals surface area contributed by atoms with Gasteiger partial charge in [0.25, 0.3) is 15.9 Å². The zero-order valence-corrected chi connectivity index (χ0v) is 18.7. The highest BCUT2D eigenvalue weighted by Crippen LogP contribution is 2.24. The van der Waals surface area contributed by atoms with E-state index < -0.39 is 16.1 Å². The molecule has 8 heteroatoms. The molecule has 0 aliphatic carbocycles. The smallest absolute Gasteiger partial charge is 0.265 e. The van der Waals surface area contributed by atoms with Crippen molar-refractivity contribution in [1.29, 1.82) is 0 Å². The van der Waals surface area contributed by atoms with Gasteiger partial charge in [0.05, 0.1) is 15.6 Å². The second-order valence-electron chi connectivity index (χ2n) is 6.93. The number of benzene rings is 3. The highest BCUT2D eigenvalue weighted by atomic mass is 35.5. The van der Waals surface area contributed by atoms with Gasteiger partial charge in [-0.2, -0.15) is 0 Å². The number of anilines is 2. The molecular weight excluding hydrogens is 436 g/mol. The van der Waals surface area contributed by atoms with Crippen molar-refractivity contribution in [2.45, 2.75) is 31.3 Å². The van der Waals surface area contributed by atoms with E-state index in [2.05, 4.69) is 10.0 Å². The van der Waals surface area contributed by atoms with Crippen molar-refractivity contribution in [3.8, 4) is 5.75 Å². The van der Waals surface area contributed by atoms with Crippen molar-refractivity contribution in [3.05, 3.63) is 83.4 Å². The molecule has 0 saturated carbocycles. The van der Waals surface area contributed by atoms with Gasteiger partial charge in [0, 0.05) is 5.69 Å². The van der Waals surface area contributed by atoms with Crippen molar-refractivity contribution in [2.24, 2.45) is 0 Å². The summed E-state index contributed by atoms with van der Waals surface area (Å²) in [4.78, 5) is 12.7. The number of hydrogen-bond acceptors (Lipinski definition) is 4. The number of carbonyl (C=O) groups excluding carboxylic acids is 1. The fraction of sp³-hybridized carbons (Fsp3) is 0.174. The third kappa shape index (κ3) is 5.99. The molecule has 0 aliphatic rings. The van der Waals surface area contributed by atoms with Crippen molar-refractivity contribution >= 4 is 38.9 Å². The number of rotatable bonds is 8. The monoisotopic (exact) mass is 458 g/mol. The minimum absolute atomic E-state index is 0.0495. The molecule has 3 aromatic carbocycles. The Morgan fingerprint density at radius 3 is 2.39 bits per heavy atom. The topological polar surface area (TPSA) is 84.5 Å². The van der Waals surface area contributed by atoms with Gasteiger partial charge in [-0.05, 0) is 67.4 Å². The van der Waals surface area contributed by atoms with Crippen LogP contribution in [-0.2, 0) is 14.8 Å². The number of aryl methyl sites for hydroxylation is 1. The molecule has 0 saturated heterocycles. The Balaban J connectivity index is 1.67. The van der Waals surface area contributed by atoms with Crippen LogP contribution in [0.4, 0.5) is 11.4 Å². The maximum atomic E-state index is 12.6. The van der Waals surface area contributed by atoms with Gasteiger partial charge < -0.3 is 10.1 Å². The lowest BCUT2D eigenvalue weighted by molar-refractivity contribution is -0.122. The highest BCUT2D eigenvalue weighted by molar-refractivity contribution is 7.92. The van der Waals surface area contributed by atoms with Crippen molar-refractivity contribution in [3.63, 3.8) is 0 Å². The number of nitrogens with one attached hydrogen (secondary N) is 2. The number of hydrogen-bond donors (Lipinski definition) is 2. The fourth-order valence-corrected chi connectivity index (χ4v) is 4.18. The summed E-state index contributed by atoms with van der Waals surface area (Å²) in [5.74, 6) is 0.308. The molecule has 162 valence electrons. The first-order valence-electron chi connectivity index (χ1n) is 9.70. The van der Waals surface area contributed by atoms with Gasteiger partial charge in [0.15, 0.2) is 6.10 Å². The molecule has 0 aromatic heterocycles. The van der Waals surface area contributed by atoms with Gasteiger partial charge in [0.2, 0.25) is 0 Å². The summed E-state index contributed by atoms with van der Waals surface area (Å²) >= 11 is 6.02. The van der Waals surface area contributed by atoms with Crippen LogP contribution in [0.25, 0.3) is 0 Å². The van der Waals surface area contributed by atoms with E-state index in [9.17, 15) is 13.2 Å². The molecule has 0 radical (unpaired) electrons. The molecule has 0 aliphatic heterocycles. The zero-order valence-electron chi connectivity index (χ0n) is 17.1. The summed E-state index contributed by atoms with van der Waals surface area (Å²) in [6, 6.07) is 19.9. The van der Waals surface area contributed by atoms with E-state index in [4.69, 9.17) is 16.3 Å². The number of ether oxygens (including phenoxy) is 1. The Hall–Kier alpha value is -3.03. The Morgan fingerprint density at radius 2 is 1.74 bits per heavy atom. The van der Waals surface area contributed by atoms with Crippen LogP contribution in [0.3, 0.4) is 0 Å². The molecule has 6 nitrogen and oxygen atoms in total. The van der Waals surface area contributed by atoms with Crippen LogP contribution in [0.15, 0.2) is 77.7 Å². The molecule has 1 amide bonds. The maximum absolute atomic E-state index is 12.6. The van der Waals surface area contributed by atoms with E-state index in [1.165, 1.54) is 24.3 Å². The van der Waals surface area contributed by atoms with Crippen LogP contribution in [0.5, 0.6) is 5.75 Å². The van der Waals surface area contributed by atoms with Crippen LogP contribution >= 0.6 is 11.6 Å². The number of amides is 1. The maximum Gasteiger partial charge on any atom is 0.265 e. The molecule has 0 fully saturated rings. The minimum atomic E-state index is -3.82. The summed E-state index contributed by atoms with van der Waals surface area (Å²) in [5, 5.41) is 3.07. The third-order valence-electron chi connectivity index (χ3n) is 4.48. The average molecular weight is 459 g/mol. The first kappa shape index (κ1) is 22.7. The first-order chi connectivity index (χ1) is 14.8. The molecule has 0 spiro atoms. The molecular formula is C23H23ClN2O4S. The SMILES string of the molecule is CC[C@H](Oc1cccc(C)c1)C(=O)Nc1ccc(S(=O)(=O)Nc2ccccc2Cl)cc1. The predicted octanol–water partition coefficient (Wildman–Crippen LogP) is 5.25. The van der Waals surface area contributed by atoms with Crippen LogP contribution in [-0.4, -0.2) is 20.4 Å². The van der Waals surface area contributed by atoms with E-state index in [1.807, 2.05) is 32.0 Å². The molecule has 0 bridgehead atoms. The second kappa shape index (κ2) is 9.85. The molecule has 0 heterocycles. The Bertz CT molecular complexity index is 1160. The van der Waals surface area contributed by atoms with Crippen LogP contribution in [0.2, 0.25) is 5.02 Å². The van der Waals surface area contributed by atoms with E-state index in [1.54, 1.807) is 30.3 Å². The second-order valence-corrected chi connectivity index (χ2v) is 9.02. The Morgan fingerprint density at radius 1 is 1.03 bits per heavy atom. The Kier molecular flexibility index (Phi) is 7.20. The zero-order chi connectivity index (χ0) is 22.4. The predicted molar refractivity (Wildman–Crippen MR) is 123 cm³/mol. The lowest BCUT2D eigenvalue weighted by Crippen LogP contribution is -2.32. The number of para-hydroxylation sites is 1. The fourth-order valence-electron chi connectivity index (χ4n) is 2.86. The van der Waals surface area contributed by atoms with Crippen LogP contribution in [0, 0.1) is 6.92 Å². The lowest BCUT2D eigenvalue weighted by Gasteiger charge is -2.18. The van der Waals surface area contributed by atoms with Gasteiger partial charge >= 0.3 is 0 Å². The van der Waals surface area contributed by atoms with Crippen molar-refractivity contribution < 1.29 is 17.9 Å². The van der Waals surface area contributed by atoms with Gasteiger partial charge in [-0.25, -0.2) is 8.42 Å². The van der Waals surface area contributed by atoms with Gasteiger partial charge in [0.1, 0.15) is 5.75 Å². The van der Waals surface area contributed by atoms with E-state index >= 15 is 0 Å². The van der Waals surface area contributed by atoms with E-state index in [0.29, 0.717) is 28.6 Å². The third-order valence-corrected chi connectivity index (χ3v) is 6.19. The van der Waals surface area contributed by atoms with Gasteiger partial charge in [-0.3, -0.25) is 9.52 Å². The van der Waals surface area contributed by atoms with Crippen LogP contribution in [0.1, 0.15) is 18.9 Å². The Labute approximate surface area is 187 Å². The molecule has 1 atom stereocenters. The summed E-state index contributed by atoms with van der Waals surface area (Å²) < 4.78 is 33.4. The molecule has 0 unspecified atom stereocenters. The van der Waals surface area contributed by atoms with Crippen LogP contribution < -0.4 is 14.8 Å². The van der Waals surface area contributed by atoms with Gasteiger partial charge in [-0.15, -0.1) is 0 Å². The number of carbonyl (C=O) groups is 1. The number of halogens is 1. The van der Waals surface area contributed by atoms with Crippen molar-refractivity contribution in [2.75, 3.05) is 10.0 Å². The molecule has 31 heavy (non-hydrogen) atoms. The summed E-state index contributed by atoms with van der Waals surface area (Å²) in [6.45, 7) is 3.81. The van der Waals surface area contributed by atoms with Gasteiger partial charge in [-0.1, -0.05) is 42.8 Å². The van der Waals surface area contributed by atoms with E-state index in [0.717, 1.165) is 5.56 Å². The largest absolute Gasteiger partial charge is 0.481 e. The van der Waals surface area contributed by atoms with E-state index in [-0.39, 0.29) is 10.8 Å². The van der Waals surface area contributed by atoms with Crippen molar-refractivity contribution in [1.82, 2.24) is 0 Å². The summed E-state index contributed by atoms with van der Waals surface area (Å²) in [6.07, 6.45) is -0.194. The summed E-state index contributed by atoms with van der Waals surface area (Å²) in [5.41, 5.74) is 1.79.